The molecule has 5 rings (SSSR count). The number of pyridine rings is 2. The van der Waals surface area contributed by atoms with E-state index in [9.17, 15) is 26.4 Å². The molecule has 192 valence electrons. The lowest BCUT2D eigenvalue weighted by atomic mass is 10.2. The molecule has 4 aromatic heterocycles. The highest BCUT2D eigenvalue weighted by atomic mass is 32.2. The third-order valence-electron chi connectivity index (χ3n) is 5.90. The molecular weight excluding hydrogens is 501 g/mol. The maximum Gasteiger partial charge on any atom is 0.417 e. The third kappa shape index (κ3) is 4.36. The smallest absolute Gasteiger partial charge is 0.417 e. The Balaban J connectivity index is 0.00000320. The Hall–Kier alpha value is -3.68. The number of anilines is 1. The predicted molar refractivity (Wildman–Crippen MR) is 125 cm³/mol. The summed E-state index contributed by atoms with van der Waals surface area (Å²) in [5, 5.41) is 2.42. The highest BCUT2D eigenvalue weighted by Crippen LogP contribution is 2.34. The molecule has 0 aromatic carbocycles. The minimum Gasteiger partial charge on any atom is -0.449 e. The van der Waals surface area contributed by atoms with Crippen molar-refractivity contribution in [1.29, 1.82) is 0 Å². The van der Waals surface area contributed by atoms with Gasteiger partial charge in [0.2, 0.25) is 0 Å². The average molecular weight is 525 g/mol. The molecular formula is C22H23F3N6O4S. The number of imidazole rings is 2. The number of nitrogens with zero attached hydrogens (tertiary/aromatic N) is 5. The lowest BCUT2D eigenvalue weighted by Gasteiger charge is -2.08. The zero-order valence-corrected chi connectivity index (χ0v) is 20.0. The van der Waals surface area contributed by atoms with E-state index in [0.29, 0.717) is 24.4 Å². The number of aromatic nitrogens is 5. The van der Waals surface area contributed by atoms with Crippen molar-refractivity contribution in [3.05, 3.63) is 36.2 Å². The van der Waals surface area contributed by atoms with Crippen molar-refractivity contribution in [2.45, 2.75) is 31.0 Å². The average Bonchev–Trinajstić information content (AvgIpc) is 3.49. The number of nitrogens with one attached hydrogen (secondary N) is 1. The number of carbonyl (C=O) groups excluding carboxylic acids is 1. The van der Waals surface area contributed by atoms with Crippen LogP contribution in [-0.2, 0) is 27.8 Å². The van der Waals surface area contributed by atoms with Gasteiger partial charge in [-0.15, -0.1) is 0 Å². The Labute approximate surface area is 204 Å². The van der Waals surface area contributed by atoms with Crippen LogP contribution in [0.2, 0.25) is 0 Å². The normalized spacial score (nSPS) is 14.5. The van der Waals surface area contributed by atoms with Gasteiger partial charge in [0.05, 0.1) is 17.9 Å². The van der Waals surface area contributed by atoms with Gasteiger partial charge in [0.1, 0.15) is 16.9 Å². The first-order chi connectivity index (χ1) is 17.0. The summed E-state index contributed by atoms with van der Waals surface area (Å²) in [6.07, 6.45) is -1.06. The molecule has 0 radical (unpaired) electrons. The molecule has 0 aliphatic heterocycles. The van der Waals surface area contributed by atoms with Crippen molar-refractivity contribution < 1.29 is 32.5 Å². The van der Waals surface area contributed by atoms with Crippen LogP contribution in [0.1, 0.15) is 26.8 Å². The van der Waals surface area contributed by atoms with E-state index in [1.807, 2.05) is 0 Å². The maximum absolute atomic E-state index is 13.2. The molecule has 1 saturated carbocycles. The zero-order valence-electron chi connectivity index (χ0n) is 19.2. The van der Waals surface area contributed by atoms with Crippen molar-refractivity contribution in [3.8, 4) is 11.5 Å². The van der Waals surface area contributed by atoms with Gasteiger partial charge in [-0.25, -0.2) is 28.2 Å². The lowest BCUT2D eigenvalue weighted by molar-refractivity contribution is -0.137. The number of hydrogen-bond donors (Lipinski definition) is 1. The van der Waals surface area contributed by atoms with Crippen LogP contribution >= 0.6 is 0 Å². The molecule has 0 spiro atoms. The predicted octanol–water partition coefficient (Wildman–Crippen LogP) is 4.30. The number of alkyl halides is 3. The van der Waals surface area contributed by atoms with E-state index in [1.54, 1.807) is 0 Å². The molecule has 1 N–H and O–H groups in total. The fourth-order valence-corrected chi connectivity index (χ4v) is 4.91. The van der Waals surface area contributed by atoms with Gasteiger partial charge in [0.15, 0.2) is 26.3 Å². The SMILES string of the molecule is CCS(=O)(=O)c1c(-c2nc3cc(C(F)(F)F)cnc3n2C)nc2cc(NC(=O)OCC3CC3)ccn12.[HH]. The second-order valence-electron chi connectivity index (χ2n) is 8.54. The summed E-state index contributed by atoms with van der Waals surface area (Å²) in [5.41, 5.74) is -0.412. The van der Waals surface area contributed by atoms with Gasteiger partial charge in [-0.3, -0.25) is 9.72 Å². The minimum absolute atomic E-state index is 0. The number of carbonyl (C=O) groups is 1. The number of ether oxygens (including phenoxy) is 1. The van der Waals surface area contributed by atoms with Crippen LogP contribution in [0.5, 0.6) is 0 Å². The largest absolute Gasteiger partial charge is 0.449 e. The second kappa shape index (κ2) is 8.47. The van der Waals surface area contributed by atoms with Gasteiger partial charge in [-0.2, -0.15) is 13.2 Å². The summed E-state index contributed by atoms with van der Waals surface area (Å²) in [6.45, 7) is 1.80. The Morgan fingerprint density at radius 1 is 1.28 bits per heavy atom. The molecule has 1 amide bonds. The quantitative estimate of drug-likeness (QED) is 0.399. The molecule has 10 nitrogen and oxygen atoms in total. The molecule has 0 unspecified atom stereocenters. The topological polar surface area (TPSA) is 120 Å². The van der Waals surface area contributed by atoms with Crippen LogP contribution in [0.3, 0.4) is 0 Å². The number of fused-ring (bicyclic) bond motifs is 2. The van der Waals surface area contributed by atoms with Gasteiger partial charge in [0.25, 0.3) is 0 Å². The third-order valence-corrected chi connectivity index (χ3v) is 7.64. The maximum atomic E-state index is 13.2. The summed E-state index contributed by atoms with van der Waals surface area (Å²) in [7, 11) is -2.34. The fourth-order valence-electron chi connectivity index (χ4n) is 3.75. The van der Waals surface area contributed by atoms with Crippen LogP contribution < -0.4 is 5.32 Å². The van der Waals surface area contributed by atoms with E-state index < -0.39 is 27.7 Å². The Morgan fingerprint density at radius 2 is 2.03 bits per heavy atom. The van der Waals surface area contributed by atoms with Crippen LogP contribution in [0.25, 0.3) is 28.3 Å². The monoisotopic (exact) mass is 524 g/mol. The van der Waals surface area contributed by atoms with Crippen LogP contribution in [0.4, 0.5) is 23.7 Å². The van der Waals surface area contributed by atoms with E-state index >= 15 is 0 Å². The molecule has 4 heterocycles. The standard InChI is InChI=1S/C22H21F3N6O4S.H2/c1-3-36(33,34)20-17(19-28-15-8-13(22(23,24)25)10-26-18(15)30(19)2)29-16-9-14(6-7-31(16)20)27-21(32)35-11-12-4-5-12;/h6-10,12H,3-5,11H2,1-2H3,(H,27,32);1H. The summed E-state index contributed by atoms with van der Waals surface area (Å²) >= 11 is 0. The molecule has 1 fully saturated rings. The van der Waals surface area contributed by atoms with E-state index in [4.69, 9.17) is 4.74 Å². The minimum atomic E-state index is -4.61. The fraction of sp³-hybridized carbons (Fsp3) is 0.364. The van der Waals surface area contributed by atoms with Crippen molar-refractivity contribution in [1.82, 2.24) is 23.9 Å². The van der Waals surface area contributed by atoms with E-state index in [0.717, 1.165) is 18.9 Å². The van der Waals surface area contributed by atoms with Gasteiger partial charge in [-0.05, 0) is 30.9 Å². The molecule has 0 bridgehead atoms. The first-order valence-corrected chi connectivity index (χ1v) is 12.7. The molecule has 4 aromatic rings. The van der Waals surface area contributed by atoms with Gasteiger partial charge in [-0.1, -0.05) is 6.92 Å². The van der Waals surface area contributed by atoms with Crippen molar-refractivity contribution in [2.75, 3.05) is 17.7 Å². The second-order valence-corrected chi connectivity index (χ2v) is 10.7. The molecule has 1 aliphatic rings. The summed E-state index contributed by atoms with van der Waals surface area (Å²) < 4.78 is 73.5. The van der Waals surface area contributed by atoms with Crippen molar-refractivity contribution >= 4 is 38.4 Å². The highest BCUT2D eigenvalue weighted by molar-refractivity contribution is 7.91. The van der Waals surface area contributed by atoms with Gasteiger partial charge in [0, 0.05) is 32.6 Å². The molecule has 0 saturated heterocycles. The molecule has 0 atom stereocenters. The van der Waals surface area contributed by atoms with E-state index in [-0.39, 0.29) is 40.5 Å². The highest BCUT2D eigenvalue weighted by Gasteiger charge is 2.33. The van der Waals surface area contributed by atoms with Crippen molar-refractivity contribution in [3.63, 3.8) is 0 Å². The van der Waals surface area contributed by atoms with E-state index in [1.165, 1.54) is 41.3 Å². The first kappa shape index (κ1) is 24.0. The van der Waals surface area contributed by atoms with Crippen LogP contribution in [-0.4, -0.2) is 50.8 Å². The summed E-state index contributed by atoms with van der Waals surface area (Å²) in [5.74, 6) is 0.178. The molecule has 1 aliphatic carbocycles. The lowest BCUT2D eigenvalue weighted by Crippen LogP contribution is -2.15. The van der Waals surface area contributed by atoms with Crippen molar-refractivity contribution in [2.24, 2.45) is 13.0 Å². The Bertz CT molecular complexity index is 1610. The number of halogens is 3. The number of sulfone groups is 1. The Morgan fingerprint density at radius 3 is 2.69 bits per heavy atom. The number of amides is 1. The molecule has 36 heavy (non-hydrogen) atoms. The number of rotatable bonds is 6. The van der Waals surface area contributed by atoms with Crippen LogP contribution in [0, 0.1) is 5.92 Å². The zero-order chi connectivity index (χ0) is 25.8. The first-order valence-electron chi connectivity index (χ1n) is 11.1. The number of aryl methyl sites for hydroxylation is 1. The van der Waals surface area contributed by atoms with Crippen LogP contribution in [0.15, 0.2) is 35.6 Å². The summed E-state index contributed by atoms with van der Waals surface area (Å²) in [4.78, 5) is 24.6. The Kier molecular flexibility index (Phi) is 5.65. The van der Waals surface area contributed by atoms with Gasteiger partial charge >= 0.3 is 12.3 Å². The van der Waals surface area contributed by atoms with E-state index in [2.05, 4.69) is 20.3 Å². The summed E-state index contributed by atoms with van der Waals surface area (Å²) in [6, 6.07) is 3.82. The molecule has 14 heteroatoms. The van der Waals surface area contributed by atoms with Gasteiger partial charge < -0.3 is 9.30 Å². The number of hydrogen-bond acceptors (Lipinski definition) is 7.